The number of carbonyl (C=O) groups excluding carboxylic acids is 5. The predicted molar refractivity (Wildman–Crippen MR) is 92.5 cm³/mol. The van der Waals surface area contributed by atoms with E-state index >= 15 is 0 Å². The maximum atomic E-state index is 12.5. The Balaban J connectivity index is 1.52. The van der Waals surface area contributed by atoms with Gasteiger partial charge in [-0.2, -0.15) is 0 Å². The van der Waals surface area contributed by atoms with Crippen molar-refractivity contribution in [2.75, 3.05) is 6.54 Å². The van der Waals surface area contributed by atoms with E-state index in [2.05, 4.69) is 0 Å². The van der Waals surface area contributed by atoms with Crippen molar-refractivity contribution >= 4 is 39.3 Å². The molecule has 0 bridgehead atoms. The van der Waals surface area contributed by atoms with Crippen LogP contribution in [0, 0.1) is 17.8 Å². The Morgan fingerprint density at radius 1 is 1.04 bits per heavy atom. The molecule has 2 aliphatic carbocycles. The van der Waals surface area contributed by atoms with E-state index in [0.29, 0.717) is 32.2 Å². The quantitative estimate of drug-likeness (QED) is 0.331. The second-order valence-corrected chi connectivity index (χ2v) is 9.17. The lowest BCUT2D eigenvalue weighted by Crippen LogP contribution is -2.37. The molecule has 28 heavy (non-hydrogen) atoms. The number of nitrogens with zero attached hydrogens (tertiary/aromatic N) is 1. The Labute approximate surface area is 161 Å². The van der Waals surface area contributed by atoms with Crippen molar-refractivity contribution in [3.05, 3.63) is 12.2 Å². The van der Waals surface area contributed by atoms with Crippen molar-refractivity contribution in [2.24, 2.45) is 17.8 Å². The Kier molecular flexibility index (Phi) is 5.62. The molecule has 2 saturated carbocycles. The lowest BCUT2D eigenvalue weighted by molar-refractivity contribution is -0.138. The molecule has 1 heterocycles. The number of amides is 2. The number of hydrogen-bond donors (Lipinski definition) is 0. The minimum Gasteiger partial charge on any atom is -0.747 e. The van der Waals surface area contributed by atoms with E-state index in [1.165, 1.54) is 17.1 Å². The average molecular weight is 410 g/mol. The van der Waals surface area contributed by atoms with Crippen molar-refractivity contribution in [3.63, 3.8) is 0 Å². The summed E-state index contributed by atoms with van der Waals surface area (Å²) in [7, 11) is -4.90. The Morgan fingerprint density at radius 2 is 1.61 bits per heavy atom. The molecule has 9 nitrogen and oxygen atoms in total. The molecule has 3 aliphatic rings. The Hall–Kier alpha value is -2.20. The van der Waals surface area contributed by atoms with Crippen LogP contribution in [0.15, 0.2) is 12.2 Å². The molecule has 0 aromatic heterocycles. The fraction of sp³-hybridized carbons (Fsp3) is 0.611. The molecule has 10 heteroatoms. The minimum atomic E-state index is -4.90. The van der Waals surface area contributed by atoms with Gasteiger partial charge in [0.15, 0.2) is 5.78 Å². The van der Waals surface area contributed by atoms with Gasteiger partial charge in [-0.05, 0) is 31.6 Å². The van der Waals surface area contributed by atoms with Crippen molar-refractivity contribution in [1.29, 1.82) is 0 Å². The molecule has 0 N–H and O–H groups in total. The second kappa shape index (κ2) is 7.67. The topological polar surface area (TPSA) is 146 Å². The van der Waals surface area contributed by atoms with Gasteiger partial charge in [0.2, 0.25) is 0 Å². The first kappa shape index (κ1) is 20.5. The lowest BCUT2D eigenvalue weighted by atomic mass is 9.78. The highest BCUT2D eigenvalue weighted by molar-refractivity contribution is 7.87. The van der Waals surface area contributed by atoms with Crippen LogP contribution < -0.4 is 0 Å². The molecule has 0 aromatic carbocycles. The zero-order valence-corrected chi connectivity index (χ0v) is 15.9. The van der Waals surface area contributed by atoms with Gasteiger partial charge in [0, 0.05) is 37.5 Å². The molecular formula is C18H20NO8S-. The maximum absolute atomic E-state index is 12.5. The predicted octanol–water partition coefficient (Wildman–Crippen LogP) is -0.251. The zero-order valence-electron chi connectivity index (χ0n) is 15.0. The smallest absolute Gasteiger partial charge is 0.253 e. The average Bonchev–Trinajstić information content (AvgIpc) is 3.09. The van der Waals surface area contributed by atoms with E-state index in [9.17, 15) is 36.9 Å². The number of ketones is 3. The summed E-state index contributed by atoms with van der Waals surface area (Å²) >= 11 is 0. The summed E-state index contributed by atoms with van der Waals surface area (Å²) < 4.78 is 33.2. The second-order valence-electron chi connectivity index (χ2n) is 7.62. The molecule has 2 unspecified atom stereocenters. The third kappa shape index (κ3) is 4.12. The Bertz CT molecular complexity index is 848. The van der Waals surface area contributed by atoms with Crippen molar-refractivity contribution in [3.8, 4) is 0 Å². The zero-order chi connectivity index (χ0) is 20.6. The van der Waals surface area contributed by atoms with Crippen LogP contribution in [0.1, 0.15) is 38.5 Å². The van der Waals surface area contributed by atoms with Crippen LogP contribution in [-0.4, -0.2) is 58.8 Å². The minimum absolute atomic E-state index is 0.0848. The van der Waals surface area contributed by atoms with Crippen molar-refractivity contribution < 1.29 is 36.9 Å². The summed E-state index contributed by atoms with van der Waals surface area (Å²) in [6.45, 7) is 0.300. The molecule has 2 atom stereocenters. The molecule has 2 fully saturated rings. The van der Waals surface area contributed by atoms with Gasteiger partial charge < -0.3 is 4.55 Å². The summed E-state index contributed by atoms with van der Waals surface area (Å²) in [5.74, 6) is -4.23. The highest BCUT2D eigenvalue weighted by Gasteiger charge is 2.46. The molecular weight excluding hydrogens is 390 g/mol. The van der Waals surface area contributed by atoms with E-state index in [0.717, 1.165) is 0 Å². The van der Waals surface area contributed by atoms with Gasteiger partial charge in [0.25, 0.3) is 11.8 Å². The van der Waals surface area contributed by atoms with Gasteiger partial charge in [0.05, 0.1) is 5.92 Å². The summed E-state index contributed by atoms with van der Waals surface area (Å²) in [6.07, 6.45) is 3.69. The SMILES string of the molecule is O=C(CC1C(=O)CC(S(=O)(=O)[O-])C1=O)C1CCC(CN2C(=O)C=CC2=O)CC1. The first-order valence-electron chi connectivity index (χ1n) is 9.15. The highest BCUT2D eigenvalue weighted by atomic mass is 32.2. The summed E-state index contributed by atoms with van der Waals surface area (Å²) in [4.78, 5) is 60.9. The maximum Gasteiger partial charge on any atom is 0.253 e. The number of carbonyl (C=O) groups is 5. The molecule has 2 amide bonds. The Morgan fingerprint density at radius 3 is 2.11 bits per heavy atom. The number of rotatable bonds is 6. The van der Waals surface area contributed by atoms with Gasteiger partial charge in [-0.1, -0.05) is 0 Å². The van der Waals surface area contributed by atoms with Gasteiger partial charge in [0.1, 0.15) is 26.9 Å². The van der Waals surface area contributed by atoms with Crippen LogP contribution in [-0.2, 0) is 34.1 Å². The number of hydrogen-bond acceptors (Lipinski definition) is 8. The van der Waals surface area contributed by atoms with E-state index in [4.69, 9.17) is 0 Å². The van der Waals surface area contributed by atoms with Gasteiger partial charge >= 0.3 is 0 Å². The van der Waals surface area contributed by atoms with E-state index < -0.39 is 39.3 Å². The lowest BCUT2D eigenvalue weighted by Gasteiger charge is -2.30. The van der Waals surface area contributed by atoms with E-state index in [1.807, 2.05) is 0 Å². The standard InChI is InChI=1S/C18H21NO8S/c20-13(7-12-14(21)8-15(18(12)24)28(25,26)27)11-3-1-10(2-4-11)9-19-16(22)5-6-17(19)23/h5-6,10-12,15H,1-4,7-9H2,(H,25,26,27)/p-1. The molecule has 0 saturated heterocycles. The summed E-state index contributed by atoms with van der Waals surface area (Å²) in [5, 5.41) is -1.88. The van der Waals surface area contributed by atoms with Crippen molar-refractivity contribution in [1.82, 2.24) is 4.90 Å². The first-order chi connectivity index (χ1) is 13.1. The summed E-state index contributed by atoms with van der Waals surface area (Å²) in [5.41, 5.74) is 0. The van der Waals surface area contributed by atoms with Gasteiger partial charge in [-0.25, -0.2) is 8.42 Å². The largest absolute Gasteiger partial charge is 0.747 e. The molecule has 0 radical (unpaired) electrons. The van der Waals surface area contributed by atoms with Crippen LogP contribution in [0.2, 0.25) is 0 Å². The van der Waals surface area contributed by atoms with Crippen LogP contribution in [0.25, 0.3) is 0 Å². The first-order valence-corrected chi connectivity index (χ1v) is 10.6. The molecule has 0 aromatic rings. The third-order valence-electron chi connectivity index (χ3n) is 5.83. The van der Waals surface area contributed by atoms with E-state index in [1.54, 1.807) is 0 Å². The van der Waals surface area contributed by atoms with E-state index in [-0.39, 0.29) is 35.9 Å². The van der Waals surface area contributed by atoms with Crippen LogP contribution in [0.5, 0.6) is 0 Å². The van der Waals surface area contributed by atoms with Crippen LogP contribution >= 0.6 is 0 Å². The highest BCUT2D eigenvalue weighted by Crippen LogP contribution is 2.34. The molecule has 0 spiro atoms. The fourth-order valence-corrected chi connectivity index (χ4v) is 4.99. The number of Topliss-reactive ketones (excluding diaryl/α,β-unsaturated/α-hetero) is 3. The molecule has 152 valence electrons. The molecule has 1 aliphatic heterocycles. The summed E-state index contributed by atoms with van der Waals surface area (Å²) in [6, 6.07) is 0. The fourth-order valence-electron chi connectivity index (χ4n) is 4.17. The van der Waals surface area contributed by atoms with Crippen LogP contribution in [0.4, 0.5) is 0 Å². The third-order valence-corrected chi connectivity index (χ3v) is 6.93. The van der Waals surface area contributed by atoms with Gasteiger partial charge in [-0.3, -0.25) is 28.9 Å². The normalized spacial score (nSPS) is 31.1. The monoisotopic (exact) mass is 410 g/mol. The van der Waals surface area contributed by atoms with Gasteiger partial charge in [-0.15, -0.1) is 0 Å². The van der Waals surface area contributed by atoms with Crippen molar-refractivity contribution in [2.45, 2.75) is 43.8 Å². The van der Waals surface area contributed by atoms with Crippen LogP contribution in [0.3, 0.4) is 0 Å². The number of imide groups is 1. The molecule has 3 rings (SSSR count).